The number of rotatable bonds is 1. The van der Waals surface area contributed by atoms with Gasteiger partial charge in [-0.1, -0.05) is 0 Å². The Balaban J connectivity index is 2.94. The largest absolute Gasteiger partial charge is 0.497 e. The van der Waals surface area contributed by atoms with Crippen LogP contribution >= 0.6 is 0 Å². The van der Waals surface area contributed by atoms with Crippen LogP contribution < -0.4 is 15.9 Å². The molecule has 0 saturated carbocycles. The summed E-state index contributed by atoms with van der Waals surface area (Å²) in [6.45, 7) is 0. The average Bonchev–Trinajstić information content (AvgIpc) is 2.23. The third-order valence-corrected chi connectivity index (χ3v) is 2.01. The summed E-state index contributed by atoms with van der Waals surface area (Å²) in [6.07, 6.45) is 0. The Bertz CT molecular complexity index is 582. The van der Waals surface area contributed by atoms with E-state index in [1.165, 1.54) is 13.2 Å². The number of aromatic nitrogens is 2. The number of benzene rings is 1. The van der Waals surface area contributed by atoms with Crippen molar-refractivity contribution in [2.45, 2.75) is 0 Å². The van der Waals surface area contributed by atoms with Gasteiger partial charge in [0.1, 0.15) is 5.75 Å². The molecular formula is C9H8N2O3. The molecule has 0 aliphatic heterocycles. The van der Waals surface area contributed by atoms with E-state index in [0.717, 1.165) is 0 Å². The Kier molecular flexibility index (Phi) is 1.85. The highest BCUT2D eigenvalue weighted by Gasteiger charge is 2.03. The van der Waals surface area contributed by atoms with Crippen LogP contribution in [0.5, 0.6) is 5.75 Å². The van der Waals surface area contributed by atoms with Crippen LogP contribution in [0.1, 0.15) is 0 Å². The van der Waals surface area contributed by atoms with E-state index in [4.69, 9.17) is 4.74 Å². The first kappa shape index (κ1) is 8.55. The summed E-state index contributed by atoms with van der Waals surface area (Å²) >= 11 is 0. The Morgan fingerprint density at radius 3 is 2.36 bits per heavy atom. The number of methoxy groups -OCH3 is 1. The van der Waals surface area contributed by atoms with Crippen molar-refractivity contribution in [3.8, 4) is 5.75 Å². The fraction of sp³-hybridized carbons (Fsp3) is 0.111. The van der Waals surface area contributed by atoms with Gasteiger partial charge in [-0.05, 0) is 18.2 Å². The van der Waals surface area contributed by atoms with E-state index in [1.54, 1.807) is 12.1 Å². The number of hydrogen-bond donors (Lipinski definition) is 2. The lowest BCUT2D eigenvalue weighted by Gasteiger charge is -2.00. The summed E-state index contributed by atoms with van der Waals surface area (Å²) in [5, 5.41) is 5.17. The van der Waals surface area contributed by atoms with E-state index in [2.05, 4.69) is 10.2 Å². The lowest BCUT2D eigenvalue weighted by atomic mass is 10.2. The van der Waals surface area contributed by atoms with E-state index in [0.29, 0.717) is 16.5 Å². The van der Waals surface area contributed by atoms with Crippen LogP contribution in [0, 0.1) is 0 Å². The first-order chi connectivity index (χ1) is 6.72. The minimum absolute atomic E-state index is 0.317. The molecule has 0 spiro atoms. The summed E-state index contributed by atoms with van der Waals surface area (Å²) in [5.41, 5.74) is -0.652. The van der Waals surface area contributed by atoms with Crippen molar-refractivity contribution in [1.82, 2.24) is 10.2 Å². The zero-order valence-electron chi connectivity index (χ0n) is 7.46. The number of hydrogen-bond acceptors (Lipinski definition) is 3. The molecule has 0 amide bonds. The van der Waals surface area contributed by atoms with Gasteiger partial charge in [-0.2, -0.15) is 0 Å². The standard InChI is InChI=1S/C9H8N2O3/c1-14-5-2-3-6-7(4-5)9(13)11-10-8(6)12/h2-4H,1H3,(H,10,12)(H,11,13). The van der Waals surface area contributed by atoms with E-state index in [-0.39, 0.29) is 11.1 Å². The molecule has 72 valence electrons. The van der Waals surface area contributed by atoms with Gasteiger partial charge in [0.2, 0.25) is 0 Å². The summed E-state index contributed by atoms with van der Waals surface area (Å²) in [6, 6.07) is 4.72. The number of fused-ring (bicyclic) bond motifs is 1. The number of ether oxygens (including phenoxy) is 1. The highest BCUT2D eigenvalue weighted by molar-refractivity contribution is 5.81. The normalized spacial score (nSPS) is 10.4. The molecule has 0 atom stereocenters. The second kappa shape index (κ2) is 3.02. The first-order valence-corrected chi connectivity index (χ1v) is 4.01. The molecule has 2 N–H and O–H groups in total. The number of H-pyrrole nitrogens is 2. The van der Waals surface area contributed by atoms with E-state index in [9.17, 15) is 9.59 Å². The molecule has 1 aromatic heterocycles. The zero-order valence-corrected chi connectivity index (χ0v) is 7.46. The third kappa shape index (κ3) is 1.19. The van der Waals surface area contributed by atoms with Gasteiger partial charge in [0.25, 0.3) is 11.1 Å². The van der Waals surface area contributed by atoms with Crippen LogP contribution in [0.15, 0.2) is 27.8 Å². The Labute approximate surface area is 78.3 Å². The van der Waals surface area contributed by atoms with Gasteiger partial charge >= 0.3 is 0 Å². The molecule has 0 saturated heterocycles. The SMILES string of the molecule is COc1ccc2c(=O)[nH][nH]c(=O)c2c1. The maximum Gasteiger partial charge on any atom is 0.270 e. The van der Waals surface area contributed by atoms with E-state index < -0.39 is 0 Å². The monoisotopic (exact) mass is 192 g/mol. The van der Waals surface area contributed by atoms with Crippen LogP contribution in [0.3, 0.4) is 0 Å². The Hall–Kier alpha value is -2.04. The minimum Gasteiger partial charge on any atom is -0.497 e. The van der Waals surface area contributed by atoms with Gasteiger partial charge in [0, 0.05) is 0 Å². The van der Waals surface area contributed by atoms with Crippen molar-refractivity contribution in [2.75, 3.05) is 7.11 Å². The molecule has 1 heterocycles. The Morgan fingerprint density at radius 2 is 1.71 bits per heavy atom. The van der Waals surface area contributed by atoms with Gasteiger partial charge in [-0.3, -0.25) is 19.8 Å². The molecule has 0 aliphatic rings. The summed E-state index contributed by atoms with van der Waals surface area (Å²) in [7, 11) is 1.50. The Morgan fingerprint density at radius 1 is 1.07 bits per heavy atom. The summed E-state index contributed by atoms with van der Waals surface area (Å²) in [5.74, 6) is 0.550. The molecule has 0 aliphatic carbocycles. The van der Waals surface area contributed by atoms with Gasteiger partial charge in [0.05, 0.1) is 17.9 Å². The fourth-order valence-electron chi connectivity index (χ4n) is 1.28. The van der Waals surface area contributed by atoms with Gasteiger partial charge < -0.3 is 4.74 Å². The maximum absolute atomic E-state index is 11.3. The molecule has 2 aromatic rings. The fourth-order valence-corrected chi connectivity index (χ4v) is 1.28. The highest BCUT2D eigenvalue weighted by Crippen LogP contribution is 2.14. The van der Waals surface area contributed by atoms with E-state index in [1.807, 2.05) is 0 Å². The van der Waals surface area contributed by atoms with Gasteiger partial charge in [-0.15, -0.1) is 0 Å². The van der Waals surface area contributed by atoms with Crippen LogP contribution in [0.25, 0.3) is 10.8 Å². The minimum atomic E-state index is -0.335. The predicted molar refractivity (Wildman–Crippen MR) is 51.7 cm³/mol. The number of nitrogens with one attached hydrogen (secondary N) is 2. The van der Waals surface area contributed by atoms with Crippen molar-refractivity contribution < 1.29 is 4.74 Å². The molecule has 2 rings (SSSR count). The topological polar surface area (TPSA) is 75.0 Å². The van der Waals surface area contributed by atoms with Crippen molar-refractivity contribution in [3.05, 3.63) is 38.9 Å². The van der Waals surface area contributed by atoms with Crippen LogP contribution in [-0.2, 0) is 0 Å². The lowest BCUT2D eigenvalue weighted by molar-refractivity contribution is 0.415. The molecule has 0 bridgehead atoms. The van der Waals surface area contributed by atoms with Crippen LogP contribution in [0.2, 0.25) is 0 Å². The lowest BCUT2D eigenvalue weighted by Crippen LogP contribution is -2.18. The van der Waals surface area contributed by atoms with Crippen molar-refractivity contribution in [1.29, 1.82) is 0 Å². The molecule has 0 radical (unpaired) electrons. The molecule has 5 heteroatoms. The number of aromatic amines is 2. The third-order valence-electron chi connectivity index (χ3n) is 2.01. The summed E-state index contributed by atoms with van der Waals surface area (Å²) < 4.78 is 4.95. The van der Waals surface area contributed by atoms with E-state index >= 15 is 0 Å². The molecule has 0 unspecified atom stereocenters. The maximum atomic E-state index is 11.3. The van der Waals surface area contributed by atoms with Crippen molar-refractivity contribution in [2.24, 2.45) is 0 Å². The zero-order chi connectivity index (χ0) is 10.1. The molecular weight excluding hydrogens is 184 g/mol. The quantitative estimate of drug-likeness (QED) is 0.678. The van der Waals surface area contributed by atoms with Gasteiger partial charge in [-0.25, -0.2) is 0 Å². The second-order valence-corrected chi connectivity index (χ2v) is 2.82. The molecule has 14 heavy (non-hydrogen) atoms. The highest BCUT2D eigenvalue weighted by atomic mass is 16.5. The molecule has 5 nitrogen and oxygen atoms in total. The first-order valence-electron chi connectivity index (χ1n) is 4.01. The predicted octanol–water partition coefficient (Wildman–Crippen LogP) is 0.225. The van der Waals surface area contributed by atoms with Crippen molar-refractivity contribution in [3.63, 3.8) is 0 Å². The second-order valence-electron chi connectivity index (χ2n) is 2.82. The molecule has 0 fully saturated rings. The van der Waals surface area contributed by atoms with Crippen molar-refractivity contribution >= 4 is 10.8 Å². The average molecular weight is 192 g/mol. The van der Waals surface area contributed by atoms with Crippen LogP contribution in [-0.4, -0.2) is 17.3 Å². The van der Waals surface area contributed by atoms with Gasteiger partial charge in [0.15, 0.2) is 0 Å². The summed E-state index contributed by atoms with van der Waals surface area (Å²) in [4.78, 5) is 22.6. The van der Waals surface area contributed by atoms with Crippen LogP contribution in [0.4, 0.5) is 0 Å². The smallest absolute Gasteiger partial charge is 0.270 e. The molecule has 1 aromatic carbocycles.